The first kappa shape index (κ1) is 28.4. The molecule has 0 spiro atoms. The van der Waals surface area contributed by atoms with Crippen LogP contribution in [0.5, 0.6) is 0 Å². The number of carbonyl (C=O) groups is 2. The van der Waals surface area contributed by atoms with Gasteiger partial charge in [-0.3, -0.25) is 14.5 Å². The zero-order chi connectivity index (χ0) is 29.8. The molecule has 0 aliphatic carbocycles. The summed E-state index contributed by atoms with van der Waals surface area (Å²) >= 11 is 0. The molecule has 3 N–H and O–H groups in total. The number of hydrogen-bond acceptors (Lipinski definition) is 4. The number of likely N-dealkylation sites (tertiary alicyclic amines) is 1. The van der Waals surface area contributed by atoms with Gasteiger partial charge in [-0.25, -0.2) is 4.39 Å². The number of fused-ring (bicyclic) bond motifs is 1. The molecule has 0 unspecified atom stereocenters. The van der Waals surface area contributed by atoms with Crippen molar-refractivity contribution in [2.24, 2.45) is 0 Å². The summed E-state index contributed by atoms with van der Waals surface area (Å²) in [5.74, 6) is -0.838. The number of halogens is 1. The molecule has 1 atom stereocenters. The van der Waals surface area contributed by atoms with Crippen molar-refractivity contribution in [3.05, 3.63) is 131 Å². The molecule has 218 valence electrons. The largest absolute Gasteiger partial charge is 0.354 e. The third-order valence-electron chi connectivity index (χ3n) is 8.11. The van der Waals surface area contributed by atoms with E-state index in [0.717, 1.165) is 36.4 Å². The van der Waals surface area contributed by atoms with Gasteiger partial charge in [0.05, 0.1) is 17.3 Å². The van der Waals surface area contributed by atoms with Crippen LogP contribution >= 0.6 is 0 Å². The lowest BCUT2D eigenvalue weighted by molar-refractivity contribution is -0.110. The minimum Gasteiger partial charge on any atom is -0.354 e. The summed E-state index contributed by atoms with van der Waals surface area (Å²) < 4.78 is 13.4. The maximum Gasteiger partial charge on any atom is 0.258 e. The molecule has 6 rings (SSSR count). The van der Waals surface area contributed by atoms with Crippen molar-refractivity contribution in [2.75, 3.05) is 23.7 Å². The number of nitrogens with one attached hydrogen (secondary N) is 3. The lowest BCUT2D eigenvalue weighted by Crippen LogP contribution is -2.29. The molecule has 4 aromatic carbocycles. The van der Waals surface area contributed by atoms with Gasteiger partial charge >= 0.3 is 0 Å². The molecule has 43 heavy (non-hydrogen) atoms. The number of piperidine rings is 1. The minimum atomic E-state index is -0.325. The maximum atomic E-state index is 13.5. The van der Waals surface area contributed by atoms with Crippen LogP contribution in [0.3, 0.4) is 0 Å². The zero-order valence-electron chi connectivity index (χ0n) is 24.2. The van der Waals surface area contributed by atoms with Crippen LogP contribution in [0.4, 0.5) is 15.8 Å². The second-order valence-corrected chi connectivity index (χ2v) is 11.2. The normalized spacial score (nSPS) is 16.7. The highest BCUT2D eigenvalue weighted by Gasteiger charge is 2.29. The Morgan fingerprint density at radius 2 is 1.65 bits per heavy atom. The Bertz CT molecular complexity index is 1660. The number of nitrogens with zero attached hydrogens (tertiary/aromatic N) is 1. The van der Waals surface area contributed by atoms with Crippen LogP contribution in [-0.2, 0) is 11.3 Å². The van der Waals surface area contributed by atoms with Crippen LogP contribution in [0.1, 0.15) is 64.8 Å². The van der Waals surface area contributed by atoms with Crippen molar-refractivity contribution >= 4 is 34.5 Å². The van der Waals surface area contributed by atoms with E-state index in [1.165, 1.54) is 37.0 Å². The van der Waals surface area contributed by atoms with E-state index in [2.05, 4.69) is 33.0 Å². The van der Waals surface area contributed by atoms with Crippen molar-refractivity contribution < 1.29 is 14.0 Å². The van der Waals surface area contributed by atoms with Gasteiger partial charge < -0.3 is 16.0 Å². The van der Waals surface area contributed by atoms with Crippen molar-refractivity contribution in [1.82, 2.24) is 10.2 Å². The van der Waals surface area contributed by atoms with Gasteiger partial charge in [-0.2, -0.15) is 0 Å². The van der Waals surface area contributed by atoms with E-state index in [-0.39, 0.29) is 23.7 Å². The quantitative estimate of drug-likeness (QED) is 0.194. The molecule has 0 radical (unpaired) electrons. The molecule has 6 nitrogen and oxygen atoms in total. The monoisotopic (exact) mass is 574 g/mol. The fourth-order valence-corrected chi connectivity index (χ4v) is 5.82. The SMILES string of the molecule is C[C@@H](NC(=O)c1ccc2c(c1)C(=C(Nc1cccc(CN3CCCCC3)c1)c1ccccc1)C(=O)N2)c1ccc(F)cc1. The molecular weight excluding hydrogens is 539 g/mol. The molecule has 1 saturated heterocycles. The maximum absolute atomic E-state index is 13.5. The Morgan fingerprint density at radius 1 is 0.884 bits per heavy atom. The van der Waals surface area contributed by atoms with E-state index in [0.29, 0.717) is 28.1 Å². The molecule has 2 aliphatic rings. The van der Waals surface area contributed by atoms with Crippen LogP contribution in [0.2, 0.25) is 0 Å². The molecule has 0 bridgehead atoms. The van der Waals surface area contributed by atoms with Crippen LogP contribution in [0, 0.1) is 5.82 Å². The Morgan fingerprint density at radius 3 is 2.42 bits per heavy atom. The van der Waals surface area contributed by atoms with Gasteiger partial charge in [0.25, 0.3) is 11.8 Å². The number of amides is 2. The van der Waals surface area contributed by atoms with Gasteiger partial charge in [0.1, 0.15) is 5.82 Å². The molecule has 2 amide bonds. The summed E-state index contributed by atoms with van der Waals surface area (Å²) in [7, 11) is 0. The number of carbonyl (C=O) groups excluding carboxylic acids is 2. The predicted octanol–water partition coefficient (Wildman–Crippen LogP) is 7.24. The molecule has 4 aromatic rings. The van der Waals surface area contributed by atoms with Gasteiger partial charge in [-0.1, -0.05) is 61.0 Å². The standard InChI is InChI=1S/C36H35FN4O2/c1-24(26-13-16-29(37)17-14-26)38-35(42)28-15-18-32-31(22-28)33(36(43)40-32)34(27-10-4-2-5-11-27)39-30-12-8-9-25(21-30)23-41-19-6-3-7-20-41/h2,4-5,8-18,21-22,24,39H,3,6-7,19-20,23H2,1H3,(H,38,42)(H,40,43)/t24-/m1/s1. The van der Waals surface area contributed by atoms with E-state index in [4.69, 9.17) is 0 Å². The predicted molar refractivity (Wildman–Crippen MR) is 170 cm³/mol. The average Bonchev–Trinajstić information content (AvgIpc) is 3.36. The molecule has 0 aromatic heterocycles. The van der Waals surface area contributed by atoms with E-state index in [1.54, 1.807) is 30.3 Å². The topological polar surface area (TPSA) is 73.5 Å². The van der Waals surface area contributed by atoms with Crippen LogP contribution in [0.25, 0.3) is 11.3 Å². The summed E-state index contributed by atoms with van der Waals surface area (Å²) in [6.07, 6.45) is 3.77. The Kier molecular flexibility index (Phi) is 8.34. The highest BCUT2D eigenvalue weighted by Crippen LogP contribution is 2.38. The fourth-order valence-electron chi connectivity index (χ4n) is 5.82. The summed E-state index contributed by atoms with van der Waals surface area (Å²) in [5.41, 5.74) is 6.65. The average molecular weight is 575 g/mol. The smallest absolute Gasteiger partial charge is 0.258 e. The second kappa shape index (κ2) is 12.6. The minimum absolute atomic E-state index is 0.233. The first-order valence-corrected chi connectivity index (χ1v) is 14.8. The van der Waals surface area contributed by atoms with Gasteiger partial charge in [-0.05, 0) is 92.0 Å². The summed E-state index contributed by atoms with van der Waals surface area (Å²) in [5, 5.41) is 9.53. The first-order chi connectivity index (χ1) is 20.9. The van der Waals surface area contributed by atoms with Crippen molar-refractivity contribution in [3.8, 4) is 0 Å². The Labute approximate surface area is 251 Å². The van der Waals surface area contributed by atoms with Crippen molar-refractivity contribution in [1.29, 1.82) is 0 Å². The molecule has 2 heterocycles. The molecule has 7 heteroatoms. The highest BCUT2D eigenvalue weighted by molar-refractivity contribution is 6.37. The van der Waals surface area contributed by atoms with Crippen molar-refractivity contribution in [2.45, 2.75) is 38.8 Å². The number of anilines is 2. The number of benzene rings is 4. The van der Waals surface area contributed by atoms with E-state index >= 15 is 0 Å². The van der Waals surface area contributed by atoms with E-state index in [1.807, 2.05) is 49.4 Å². The number of rotatable bonds is 8. The third kappa shape index (κ3) is 6.52. The van der Waals surface area contributed by atoms with Crippen LogP contribution in [0.15, 0.2) is 97.1 Å². The fraction of sp³-hybridized carbons (Fsp3) is 0.222. The summed E-state index contributed by atoms with van der Waals surface area (Å²) in [6, 6.07) is 29.1. The third-order valence-corrected chi connectivity index (χ3v) is 8.11. The van der Waals surface area contributed by atoms with Gasteiger partial charge in [-0.15, -0.1) is 0 Å². The first-order valence-electron chi connectivity index (χ1n) is 14.8. The van der Waals surface area contributed by atoms with E-state index in [9.17, 15) is 14.0 Å². The van der Waals surface area contributed by atoms with Crippen LogP contribution < -0.4 is 16.0 Å². The summed E-state index contributed by atoms with van der Waals surface area (Å²) in [6.45, 7) is 4.98. The molecule has 1 fully saturated rings. The summed E-state index contributed by atoms with van der Waals surface area (Å²) in [4.78, 5) is 29.3. The van der Waals surface area contributed by atoms with Crippen molar-refractivity contribution in [3.63, 3.8) is 0 Å². The Balaban J connectivity index is 1.32. The number of hydrogen-bond donors (Lipinski definition) is 3. The lowest BCUT2D eigenvalue weighted by Gasteiger charge is -2.26. The molecular formula is C36H35FN4O2. The second-order valence-electron chi connectivity index (χ2n) is 11.2. The molecule has 0 saturated carbocycles. The van der Waals surface area contributed by atoms with Gasteiger partial charge in [0.15, 0.2) is 0 Å². The van der Waals surface area contributed by atoms with Gasteiger partial charge in [0.2, 0.25) is 0 Å². The van der Waals surface area contributed by atoms with Gasteiger partial charge in [0, 0.05) is 29.0 Å². The Hall–Kier alpha value is -4.75. The van der Waals surface area contributed by atoms with Crippen LogP contribution in [-0.4, -0.2) is 29.8 Å². The molecule has 2 aliphatic heterocycles. The zero-order valence-corrected chi connectivity index (χ0v) is 24.2. The van der Waals surface area contributed by atoms with E-state index < -0.39 is 0 Å². The highest BCUT2D eigenvalue weighted by atomic mass is 19.1. The lowest BCUT2D eigenvalue weighted by atomic mass is 9.98.